The number of hydrogen-bond acceptors (Lipinski definition) is 4. The van der Waals surface area contributed by atoms with Gasteiger partial charge in [0.1, 0.15) is 0 Å². The molecule has 0 saturated heterocycles. The topological polar surface area (TPSA) is 65.2 Å². The van der Waals surface area contributed by atoms with E-state index in [1.807, 2.05) is 25.3 Å². The lowest BCUT2D eigenvalue weighted by Crippen LogP contribution is -2.39. The number of pyridine rings is 1. The lowest BCUT2D eigenvalue weighted by Gasteiger charge is -2.42. The van der Waals surface area contributed by atoms with Crippen molar-refractivity contribution in [2.45, 2.75) is 84.7 Å². The highest BCUT2D eigenvalue weighted by atomic mass is 32.1. The van der Waals surface area contributed by atoms with E-state index in [0.717, 1.165) is 28.8 Å². The molecule has 6 heteroatoms. The summed E-state index contributed by atoms with van der Waals surface area (Å²) < 4.78 is 0. The normalized spacial score (nSPS) is 20.9. The molecule has 2 heterocycles. The summed E-state index contributed by atoms with van der Waals surface area (Å²) in [5.41, 5.74) is 4.16. The summed E-state index contributed by atoms with van der Waals surface area (Å²) >= 11 is 1.73. The third-order valence-corrected chi connectivity index (χ3v) is 9.15. The SMILES string of the molecule is CC[C@](C)(c1scc(C(=O)NCc2c(C)cc(C)[nH]c2=O)c1C)[C@H]1CC[C@H](N(C)C)CC1. The Balaban J connectivity index is 1.76. The Kier molecular flexibility index (Phi) is 7.66. The van der Waals surface area contributed by atoms with Crippen molar-refractivity contribution in [3.05, 3.63) is 54.6 Å². The molecular formula is C26H39N3O2S. The Morgan fingerprint density at radius 1 is 1.22 bits per heavy atom. The first-order valence-electron chi connectivity index (χ1n) is 11.8. The maximum Gasteiger partial charge on any atom is 0.253 e. The van der Waals surface area contributed by atoms with Gasteiger partial charge < -0.3 is 15.2 Å². The molecule has 1 fully saturated rings. The number of thiophene rings is 1. The number of amides is 1. The van der Waals surface area contributed by atoms with Crippen LogP contribution in [0.25, 0.3) is 0 Å². The largest absolute Gasteiger partial charge is 0.348 e. The fourth-order valence-electron chi connectivity index (χ4n) is 5.43. The summed E-state index contributed by atoms with van der Waals surface area (Å²) in [6.07, 6.45) is 6.04. The molecule has 32 heavy (non-hydrogen) atoms. The molecule has 0 radical (unpaired) electrons. The van der Waals surface area contributed by atoms with E-state index < -0.39 is 0 Å². The fraction of sp³-hybridized carbons (Fsp3) is 0.615. The number of aromatic amines is 1. The number of nitrogens with zero attached hydrogens (tertiary/aromatic N) is 1. The Labute approximate surface area is 196 Å². The van der Waals surface area contributed by atoms with Gasteiger partial charge in [-0.05, 0) is 90.1 Å². The standard InChI is InChI=1S/C26H39N3O2S/c1-8-26(5,19-9-11-20(12-10-19)29(6)7)23-18(4)22(15-32-23)24(30)27-14-21-16(2)13-17(3)28-25(21)31/h13,15,19-20H,8-12,14H2,1-7H3,(H,27,30)(H,28,31)/t19-,20-,26-/m0/s1. The molecule has 0 aliphatic heterocycles. The lowest BCUT2D eigenvalue weighted by molar-refractivity contribution is 0.0950. The van der Waals surface area contributed by atoms with E-state index in [1.165, 1.54) is 30.6 Å². The average Bonchev–Trinajstić information content (AvgIpc) is 3.14. The van der Waals surface area contributed by atoms with Crippen LogP contribution in [-0.2, 0) is 12.0 Å². The van der Waals surface area contributed by atoms with Gasteiger partial charge in [-0.15, -0.1) is 11.3 Å². The molecule has 5 nitrogen and oxygen atoms in total. The minimum absolute atomic E-state index is 0.0925. The van der Waals surface area contributed by atoms with Crippen LogP contribution in [0.1, 0.15) is 83.6 Å². The van der Waals surface area contributed by atoms with Crippen LogP contribution in [-0.4, -0.2) is 35.9 Å². The van der Waals surface area contributed by atoms with E-state index in [2.05, 4.69) is 50.1 Å². The van der Waals surface area contributed by atoms with Crippen molar-refractivity contribution in [2.24, 2.45) is 5.92 Å². The zero-order chi connectivity index (χ0) is 23.6. The molecule has 2 N–H and O–H groups in total. The second-order valence-corrected chi connectivity index (χ2v) is 10.8. The number of aromatic nitrogens is 1. The minimum atomic E-state index is -0.127. The van der Waals surface area contributed by atoms with Crippen molar-refractivity contribution < 1.29 is 4.79 Å². The molecule has 1 aliphatic rings. The summed E-state index contributed by atoms with van der Waals surface area (Å²) in [5, 5.41) is 4.99. The summed E-state index contributed by atoms with van der Waals surface area (Å²) in [4.78, 5) is 31.8. The van der Waals surface area contributed by atoms with Crippen molar-refractivity contribution in [2.75, 3.05) is 14.1 Å². The predicted molar refractivity (Wildman–Crippen MR) is 134 cm³/mol. The Morgan fingerprint density at radius 2 is 1.88 bits per heavy atom. The Morgan fingerprint density at radius 3 is 2.44 bits per heavy atom. The van der Waals surface area contributed by atoms with Gasteiger partial charge in [0.05, 0.1) is 5.56 Å². The summed E-state index contributed by atoms with van der Waals surface area (Å²) in [6.45, 7) is 10.8. The third-order valence-electron chi connectivity index (χ3n) is 7.78. The molecule has 176 valence electrons. The minimum Gasteiger partial charge on any atom is -0.348 e. The smallest absolute Gasteiger partial charge is 0.253 e. The molecule has 0 spiro atoms. The highest BCUT2D eigenvalue weighted by Crippen LogP contribution is 2.47. The van der Waals surface area contributed by atoms with Crippen molar-refractivity contribution in [3.8, 4) is 0 Å². The maximum atomic E-state index is 13.0. The first-order chi connectivity index (χ1) is 15.1. The number of carbonyl (C=O) groups is 1. The molecule has 2 aromatic rings. The zero-order valence-electron chi connectivity index (χ0n) is 20.7. The van der Waals surface area contributed by atoms with E-state index in [-0.39, 0.29) is 23.4 Å². The summed E-state index contributed by atoms with van der Waals surface area (Å²) in [6, 6.07) is 2.63. The van der Waals surface area contributed by atoms with Gasteiger partial charge in [-0.25, -0.2) is 0 Å². The highest BCUT2D eigenvalue weighted by Gasteiger charge is 2.39. The van der Waals surface area contributed by atoms with E-state index in [9.17, 15) is 9.59 Å². The second kappa shape index (κ2) is 9.92. The van der Waals surface area contributed by atoms with Crippen LogP contribution in [0.3, 0.4) is 0 Å². The van der Waals surface area contributed by atoms with Crippen LogP contribution in [0.15, 0.2) is 16.2 Å². The number of aryl methyl sites for hydroxylation is 2. The van der Waals surface area contributed by atoms with Crippen LogP contribution < -0.4 is 10.9 Å². The molecule has 1 aliphatic carbocycles. The van der Waals surface area contributed by atoms with Gasteiger partial charge in [0.2, 0.25) is 0 Å². The van der Waals surface area contributed by atoms with Gasteiger partial charge in [0, 0.05) is 39.5 Å². The molecule has 1 amide bonds. The Hall–Kier alpha value is -1.92. The number of rotatable bonds is 7. The lowest BCUT2D eigenvalue weighted by atomic mass is 9.66. The molecular weight excluding hydrogens is 418 g/mol. The summed E-state index contributed by atoms with van der Waals surface area (Å²) in [7, 11) is 4.37. The molecule has 1 atom stereocenters. The van der Waals surface area contributed by atoms with E-state index >= 15 is 0 Å². The number of carbonyl (C=O) groups excluding carboxylic acids is 1. The fourth-order valence-corrected chi connectivity index (χ4v) is 6.82. The van der Waals surface area contributed by atoms with Crippen molar-refractivity contribution >= 4 is 17.2 Å². The van der Waals surface area contributed by atoms with Gasteiger partial charge >= 0.3 is 0 Å². The first-order valence-corrected chi connectivity index (χ1v) is 12.7. The first kappa shape index (κ1) is 24.7. The molecule has 1 saturated carbocycles. The average molecular weight is 458 g/mol. The predicted octanol–water partition coefficient (Wildman–Crippen LogP) is 5.08. The van der Waals surface area contributed by atoms with Crippen molar-refractivity contribution in [1.29, 1.82) is 0 Å². The molecule has 2 aromatic heterocycles. The van der Waals surface area contributed by atoms with Gasteiger partial charge in [0.25, 0.3) is 11.5 Å². The highest BCUT2D eigenvalue weighted by molar-refractivity contribution is 7.10. The van der Waals surface area contributed by atoms with Crippen molar-refractivity contribution in [3.63, 3.8) is 0 Å². The Bertz CT molecular complexity index is 1010. The third kappa shape index (κ3) is 4.86. The van der Waals surface area contributed by atoms with Crippen LogP contribution in [0.4, 0.5) is 0 Å². The number of H-pyrrole nitrogens is 1. The number of hydrogen-bond donors (Lipinski definition) is 2. The molecule has 0 aromatic carbocycles. The number of nitrogens with one attached hydrogen (secondary N) is 2. The monoisotopic (exact) mass is 457 g/mol. The van der Waals surface area contributed by atoms with E-state index in [0.29, 0.717) is 17.5 Å². The van der Waals surface area contributed by atoms with Crippen LogP contribution in [0.5, 0.6) is 0 Å². The van der Waals surface area contributed by atoms with Crippen LogP contribution >= 0.6 is 11.3 Å². The molecule has 0 bridgehead atoms. The molecule has 0 unspecified atom stereocenters. The van der Waals surface area contributed by atoms with Crippen molar-refractivity contribution in [1.82, 2.24) is 15.2 Å². The quantitative estimate of drug-likeness (QED) is 0.609. The van der Waals surface area contributed by atoms with Crippen LogP contribution in [0, 0.1) is 26.7 Å². The van der Waals surface area contributed by atoms with E-state index in [4.69, 9.17) is 0 Å². The van der Waals surface area contributed by atoms with Gasteiger partial charge in [-0.3, -0.25) is 9.59 Å². The molecule has 3 rings (SSSR count). The van der Waals surface area contributed by atoms with Gasteiger partial charge in [0.15, 0.2) is 0 Å². The van der Waals surface area contributed by atoms with E-state index in [1.54, 1.807) is 11.3 Å². The zero-order valence-corrected chi connectivity index (χ0v) is 21.5. The summed E-state index contributed by atoms with van der Waals surface area (Å²) in [5.74, 6) is 0.546. The van der Waals surface area contributed by atoms with Crippen LogP contribution in [0.2, 0.25) is 0 Å². The maximum absolute atomic E-state index is 13.0. The van der Waals surface area contributed by atoms with Gasteiger partial charge in [-0.2, -0.15) is 0 Å². The van der Waals surface area contributed by atoms with Gasteiger partial charge in [-0.1, -0.05) is 13.8 Å². The second-order valence-electron chi connectivity index (χ2n) is 9.97.